The van der Waals surface area contributed by atoms with E-state index < -0.39 is 23.6 Å². The number of rotatable bonds is 5. The van der Waals surface area contributed by atoms with Gasteiger partial charge in [0.05, 0.1) is 17.7 Å². The van der Waals surface area contributed by atoms with E-state index >= 15 is 0 Å². The van der Waals surface area contributed by atoms with E-state index in [1.54, 1.807) is 36.7 Å². The van der Waals surface area contributed by atoms with Gasteiger partial charge < -0.3 is 5.32 Å². The van der Waals surface area contributed by atoms with Crippen molar-refractivity contribution >= 4 is 23.1 Å². The van der Waals surface area contributed by atoms with Crippen LogP contribution in [0.2, 0.25) is 0 Å². The van der Waals surface area contributed by atoms with Gasteiger partial charge in [-0.3, -0.25) is 19.5 Å². The van der Waals surface area contributed by atoms with Gasteiger partial charge in [-0.15, -0.1) is 0 Å². The van der Waals surface area contributed by atoms with Gasteiger partial charge in [-0.1, -0.05) is 24.3 Å². The minimum absolute atomic E-state index is 0.0162. The van der Waals surface area contributed by atoms with Crippen molar-refractivity contribution < 1.29 is 22.8 Å². The van der Waals surface area contributed by atoms with Gasteiger partial charge in [-0.25, -0.2) is 0 Å². The number of hydrogen-bond acceptors (Lipinski definition) is 4. The summed E-state index contributed by atoms with van der Waals surface area (Å²) in [6.07, 6.45) is -1.43. The highest BCUT2D eigenvalue weighted by molar-refractivity contribution is 6.36. The van der Waals surface area contributed by atoms with E-state index in [-0.39, 0.29) is 23.5 Å². The zero-order valence-electron chi connectivity index (χ0n) is 17.9. The normalized spacial score (nSPS) is 14.3. The third kappa shape index (κ3) is 4.50. The molecule has 3 aromatic rings. The predicted molar refractivity (Wildman–Crippen MR) is 118 cm³/mol. The van der Waals surface area contributed by atoms with E-state index in [0.717, 1.165) is 28.2 Å². The number of amides is 2. The number of nitrogens with zero attached hydrogens (tertiary/aromatic N) is 2. The first kappa shape index (κ1) is 22.3. The molecule has 2 aromatic carbocycles. The molecule has 0 atom stereocenters. The maximum atomic E-state index is 13.4. The molecule has 2 heterocycles. The van der Waals surface area contributed by atoms with Crippen molar-refractivity contribution in [2.75, 3.05) is 5.32 Å². The first-order valence-electron chi connectivity index (χ1n) is 10.2. The standard InChI is InChI=1S/C25H20F3N3O2/c1-15-6-7-18(12-16(15)2)21-22(30-20-5-3-4-19(13-20)25(26,27)28)24(33)31(23(21)32)14-17-8-10-29-11-9-17/h3-13,30H,14H2,1-2H3. The zero-order chi connectivity index (χ0) is 23.8. The number of nitrogens with one attached hydrogen (secondary N) is 1. The summed E-state index contributed by atoms with van der Waals surface area (Å²) in [5.41, 5.74) is 2.42. The number of aromatic nitrogens is 1. The van der Waals surface area contributed by atoms with Crippen molar-refractivity contribution in [2.45, 2.75) is 26.6 Å². The van der Waals surface area contributed by atoms with Crippen LogP contribution in [0.3, 0.4) is 0 Å². The summed E-state index contributed by atoms with van der Waals surface area (Å²) in [7, 11) is 0. The van der Waals surface area contributed by atoms with Crippen molar-refractivity contribution in [3.63, 3.8) is 0 Å². The second-order valence-corrected chi connectivity index (χ2v) is 7.80. The highest BCUT2D eigenvalue weighted by atomic mass is 19.4. The van der Waals surface area contributed by atoms with Gasteiger partial charge in [0.25, 0.3) is 11.8 Å². The van der Waals surface area contributed by atoms with E-state index in [9.17, 15) is 22.8 Å². The fraction of sp³-hybridized carbons (Fsp3) is 0.160. The predicted octanol–water partition coefficient (Wildman–Crippen LogP) is 5.11. The monoisotopic (exact) mass is 451 g/mol. The summed E-state index contributed by atoms with van der Waals surface area (Å²) in [6.45, 7) is 3.82. The Morgan fingerprint density at radius 2 is 1.64 bits per heavy atom. The molecule has 4 rings (SSSR count). The largest absolute Gasteiger partial charge is 0.416 e. The van der Waals surface area contributed by atoms with Crippen LogP contribution in [-0.4, -0.2) is 21.7 Å². The number of anilines is 1. The Balaban J connectivity index is 1.77. The number of imide groups is 1. The number of carbonyl (C=O) groups is 2. The quantitative estimate of drug-likeness (QED) is 0.548. The molecule has 0 spiro atoms. The number of hydrogen-bond donors (Lipinski definition) is 1. The van der Waals surface area contributed by atoms with Gasteiger partial charge in [-0.2, -0.15) is 13.2 Å². The van der Waals surface area contributed by atoms with Crippen LogP contribution >= 0.6 is 0 Å². The molecular formula is C25H20F3N3O2. The lowest BCUT2D eigenvalue weighted by Gasteiger charge is -2.15. The second-order valence-electron chi connectivity index (χ2n) is 7.80. The Bertz CT molecular complexity index is 1270. The maximum absolute atomic E-state index is 13.4. The molecule has 0 bridgehead atoms. The third-order valence-corrected chi connectivity index (χ3v) is 5.51. The molecule has 5 nitrogen and oxygen atoms in total. The van der Waals surface area contributed by atoms with E-state index in [2.05, 4.69) is 10.3 Å². The molecule has 0 aliphatic carbocycles. The Morgan fingerprint density at radius 1 is 0.909 bits per heavy atom. The molecule has 1 aromatic heterocycles. The summed E-state index contributed by atoms with van der Waals surface area (Å²) in [5, 5.41) is 2.79. The van der Waals surface area contributed by atoms with E-state index in [0.29, 0.717) is 11.1 Å². The van der Waals surface area contributed by atoms with Crippen molar-refractivity contribution in [2.24, 2.45) is 0 Å². The molecule has 0 radical (unpaired) electrons. The van der Waals surface area contributed by atoms with Gasteiger partial charge in [0.15, 0.2) is 0 Å². The lowest BCUT2D eigenvalue weighted by atomic mass is 9.99. The summed E-state index contributed by atoms with van der Waals surface area (Å²) >= 11 is 0. The molecule has 0 saturated carbocycles. The van der Waals surface area contributed by atoms with Crippen molar-refractivity contribution in [3.05, 3.63) is 101 Å². The van der Waals surface area contributed by atoms with E-state index in [1.165, 1.54) is 12.1 Å². The average Bonchev–Trinajstić information content (AvgIpc) is 3.00. The molecule has 1 aliphatic heterocycles. The van der Waals surface area contributed by atoms with Gasteiger partial charge in [0, 0.05) is 18.1 Å². The van der Waals surface area contributed by atoms with Crippen LogP contribution in [0.15, 0.2) is 72.7 Å². The minimum atomic E-state index is -4.54. The van der Waals surface area contributed by atoms with Crippen LogP contribution in [0.4, 0.5) is 18.9 Å². The first-order chi connectivity index (χ1) is 15.6. The van der Waals surface area contributed by atoms with Crippen LogP contribution in [0.25, 0.3) is 5.57 Å². The molecule has 1 N–H and O–H groups in total. The number of aryl methyl sites for hydroxylation is 2. The summed E-state index contributed by atoms with van der Waals surface area (Å²) < 4.78 is 39.5. The number of benzene rings is 2. The molecule has 168 valence electrons. The second kappa shape index (κ2) is 8.54. The number of alkyl halides is 3. The maximum Gasteiger partial charge on any atom is 0.416 e. The zero-order valence-corrected chi connectivity index (χ0v) is 17.9. The van der Waals surface area contributed by atoms with Crippen molar-refractivity contribution in [1.82, 2.24) is 9.88 Å². The average molecular weight is 451 g/mol. The fourth-order valence-electron chi connectivity index (χ4n) is 3.59. The van der Waals surface area contributed by atoms with Gasteiger partial charge >= 0.3 is 6.18 Å². The lowest BCUT2D eigenvalue weighted by molar-refractivity contribution is -0.138. The fourth-order valence-corrected chi connectivity index (χ4v) is 3.59. The first-order valence-corrected chi connectivity index (χ1v) is 10.2. The van der Waals surface area contributed by atoms with Gasteiger partial charge in [0.2, 0.25) is 0 Å². The molecule has 0 unspecified atom stereocenters. The smallest absolute Gasteiger partial charge is 0.350 e. The Kier molecular flexibility index (Phi) is 5.76. The molecule has 1 aliphatic rings. The Hall–Kier alpha value is -3.94. The third-order valence-electron chi connectivity index (χ3n) is 5.51. The Morgan fingerprint density at radius 3 is 2.30 bits per heavy atom. The minimum Gasteiger partial charge on any atom is -0.350 e. The molecule has 8 heteroatoms. The SMILES string of the molecule is Cc1ccc(C2=C(Nc3cccc(C(F)(F)F)c3)C(=O)N(Cc3ccncc3)C2=O)cc1C. The molecule has 33 heavy (non-hydrogen) atoms. The number of halogens is 3. The highest BCUT2D eigenvalue weighted by Crippen LogP contribution is 2.34. The van der Waals surface area contributed by atoms with Crippen LogP contribution in [0.1, 0.15) is 27.8 Å². The van der Waals surface area contributed by atoms with Crippen LogP contribution in [0.5, 0.6) is 0 Å². The number of pyridine rings is 1. The lowest BCUT2D eigenvalue weighted by Crippen LogP contribution is -2.32. The summed E-state index contributed by atoms with van der Waals surface area (Å²) in [4.78, 5) is 31.7. The Labute approximate surface area is 188 Å². The summed E-state index contributed by atoms with van der Waals surface area (Å²) in [5.74, 6) is -1.13. The molecule has 2 amide bonds. The van der Waals surface area contributed by atoms with Gasteiger partial charge in [-0.05, 0) is 66.4 Å². The topological polar surface area (TPSA) is 62.3 Å². The molecule has 0 saturated heterocycles. The van der Waals surface area contributed by atoms with E-state index in [4.69, 9.17) is 0 Å². The molecule has 0 fully saturated rings. The van der Waals surface area contributed by atoms with E-state index in [1.807, 2.05) is 19.9 Å². The summed E-state index contributed by atoms with van der Waals surface area (Å²) in [6, 6.07) is 13.3. The van der Waals surface area contributed by atoms with Crippen LogP contribution < -0.4 is 5.32 Å². The van der Waals surface area contributed by atoms with Crippen molar-refractivity contribution in [1.29, 1.82) is 0 Å². The van der Waals surface area contributed by atoms with Crippen LogP contribution in [0, 0.1) is 13.8 Å². The van der Waals surface area contributed by atoms with Gasteiger partial charge in [0.1, 0.15) is 5.70 Å². The highest BCUT2D eigenvalue weighted by Gasteiger charge is 2.39. The molecular weight excluding hydrogens is 431 g/mol. The number of carbonyl (C=O) groups excluding carboxylic acids is 2. The van der Waals surface area contributed by atoms with Crippen LogP contribution in [-0.2, 0) is 22.3 Å². The van der Waals surface area contributed by atoms with Crippen molar-refractivity contribution in [3.8, 4) is 0 Å².